The van der Waals surface area contributed by atoms with Gasteiger partial charge in [0.1, 0.15) is 0 Å². The summed E-state index contributed by atoms with van der Waals surface area (Å²) < 4.78 is 7.23. The van der Waals surface area contributed by atoms with Crippen LogP contribution in [0.1, 0.15) is 32.6 Å². The van der Waals surface area contributed by atoms with E-state index in [0.29, 0.717) is 11.7 Å². The predicted octanol–water partition coefficient (Wildman–Crippen LogP) is 4.37. The SMILES string of the molecule is CC(C)(C)C(N)c1noc(-c2cc(Br)sc2Br)n1. The molecule has 18 heavy (non-hydrogen) atoms. The molecule has 0 spiro atoms. The van der Waals surface area contributed by atoms with Crippen LogP contribution in [-0.2, 0) is 0 Å². The van der Waals surface area contributed by atoms with E-state index in [0.717, 1.165) is 13.1 Å². The molecule has 0 amide bonds. The lowest BCUT2D eigenvalue weighted by Crippen LogP contribution is -2.27. The highest BCUT2D eigenvalue weighted by Gasteiger charge is 2.27. The minimum Gasteiger partial charge on any atom is -0.334 e. The molecule has 4 nitrogen and oxygen atoms in total. The number of rotatable bonds is 2. The highest BCUT2D eigenvalue weighted by Crippen LogP contribution is 2.38. The summed E-state index contributed by atoms with van der Waals surface area (Å²) >= 11 is 8.45. The maximum Gasteiger partial charge on any atom is 0.260 e. The second-order valence-electron chi connectivity index (χ2n) is 5.04. The van der Waals surface area contributed by atoms with E-state index >= 15 is 0 Å². The van der Waals surface area contributed by atoms with E-state index in [1.54, 1.807) is 11.3 Å². The Morgan fingerprint density at radius 1 is 1.39 bits per heavy atom. The largest absolute Gasteiger partial charge is 0.334 e. The van der Waals surface area contributed by atoms with E-state index < -0.39 is 0 Å². The molecule has 0 aromatic carbocycles. The Labute approximate surface area is 126 Å². The maximum absolute atomic E-state index is 6.10. The normalized spacial score (nSPS) is 13.9. The van der Waals surface area contributed by atoms with Gasteiger partial charge in [0.25, 0.3) is 5.89 Å². The first-order valence-corrected chi connectivity index (χ1v) is 7.73. The average Bonchev–Trinajstić information content (AvgIpc) is 2.82. The lowest BCUT2D eigenvalue weighted by atomic mass is 9.87. The zero-order chi connectivity index (χ0) is 13.5. The van der Waals surface area contributed by atoms with Crippen molar-refractivity contribution in [3.8, 4) is 11.5 Å². The predicted molar refractivity (Wildman–Crippen MR) is 79.4 cm³/mol. The lowest BCUT2D eigenvalue weighted by Gasteiger charge is -2.23. The molecule has 0 saturated carbocycles. The van der Waals surface area contributed by atoms with E-state index in [9.17, 15) is 0 Å². The van der Waals surface area contributed by atoms with Crippen molar-refractivity contribution < 1.29 is 4.52 Å². The molecule has 0 aliphatic heterocycles. The van der Waals surface area contributed by atoms with Crippen molar-refractivity contribution >= 4 is 43.2 Å². The zero-order valence-corrected chi connectivity index (χ0v) is 14.2. The summed E-state index contributed by atoms with van der Waals surface area (Å²) in [5, 5.41) is 3.97. The van der Waals surface area contributed by atoms with Gasteiger partial charge in [0.15, 0.2) is 5.82 Å². The van der Waals surface area contributed by atoms with Crippen LogP contribution in [0.2, 0.25) is 0 Å². The summed E-state index contributed by atoms with van der Waals surface area (Å²) in [6, 6.07) is 1.69. The van der Waals surface area contributed by atoms with Gasteiger partial charge in [0, 0.05) is 0 Å². The van der Waals surface area contributed by atoms with E-state index in [1.807, 2.05) is 26.8 Å². The van der Waals surface area contributed by atoms with Crippen molar-refractivity contribution in [1.29, 1.82) is 0 Å². The highest BCUT2D eigenvalue weighted by molar-refractivity contribution is 9.12. The molecule has 98 valence electrons. The summed E-state index contributed by atoms with van der Waals surface area (Å²) in [5.41, 5.74) is 6.88. The van der Waals surface area contributed by atoms with Crippen molar-refractivity contribution in [2.24, 2.45) is 11.1 Å². The Morgan fingerprint density at radius 2 is 2.06 bits per heavy atom. The average molecular weight is 395 g/mol. The Kier molecular flexibility index (Phi) is 3.96. The first-order valence-electron chi connectivity index (χ1n) is 5.33. The summed E-state index contributed by atoms with van der Waals surface area (Å²) in [4.78, 5) is 4.37. The van der Waals surface area contributed by atoms with Gasteiger partial charge < -0.3 is 10.3 Å². The van der Waals surface area contributed by atoms with Crippen LogP contribution < -0.4 is 5.73 Å². The van der Waals surface area contributed by atoms with Gasteiger partial charge in [-0.25, -0.2) is 0 Å². The van der Waals surface area contributed by atoms with E-state index in [2.05, 4.69) is 42.0 Å². The van der Waals surface area contributed by atoms with Crippen molar-refractivity contribution in [3.05, 3.63) is 19.5 Å². The number of hydrogen-bond donors (Lipinski definition) is 1. The molecule has 0 radical (unpaired) electrons. The van der Waals surface area contributed by atoms with Crippen LogP contribution in [0.15, 0.2) is 18.2 Å². The highest BCUT2D eigenvalue weighted by atomic mass is 79.9. The van der Waals surface area contributed by atoms with Gasteiger partial charge >= 0.3 is 0 Å². The van der Waals surface area contributed by atoms with Crippen molar-refractivity contribution in [2.45, 2.75) is 26.8 Å². The maximum atomic E-state index is 6.10. The van der Waals surface area contributed by atoms with Gasteiger partial charge in [-0.05, 0) is 43.3 Å². The molecule has 0 saturated heterocycles. The molecule has 0 fully saturated rings. The third-order valence-electron chi connectivity index (χ3n) is 2.54. The molecular weight excluding hydrogens is 382 g/mol. The third-order valence-corrected chi connectivity index (χ3v) is 4.88. The minimum atomic E-state index is -0.254. The standard InChI is InChI=1S/C11H13Br2N3OS/c1-11(2,3)7(14)9-15-10(17-16-9)5-4-6(12)18-8(5)13/h4,7H,14H2,1-3H3. The van der Waals surface area contributed by atoms with Gasteiger partial charge in [0.2, 0.25) is 0 Å². The van der Waals surface area contributed by atoms with Gasteiger partial charge in [-0.3, -0.25) is 0 Å². The summed E-state index contributed by atoms with van der Waals surface area (Å²) in [6.45, 7) is 6.14. The van der Waals surface area contributed by atoms with Crippen molar-refractivity contribution in [3.63, 3.8) is 0 Å². The van der Waals surface area contributed by atoms with Crippen LogP contribution in [-0.4, -0.2) is 10.1 Å². The minimum absolute atomic E-state index is 0.104. The van der Waals surface area contributed by atoms with Crippen LogP contribution in [0, 0.1) is 5.41 Å². The molecular formula is C11H13Br2N3OS. The number of nitrogens with two attached hydrogens (primary N) is 1. The summed E-state index contributed by atoms with van der Waals surface area (Å²) in [6.07, 6.45) is 0. The molecule has 2 aromatic heterocycles. The molecule has 0 aliphatic rings. The molecule has 2 heterocycles. The quantitative estimate of drug-likeness (QED) is 0.821. The smallest absolute Gasteiger partial charge is 0.260 e. The molecule has 0 aliphatic carbocycles. The van der Waals surface area contributed by atoms with Crippen LogP contribution in [0.25, 0.3) is 11.5 Å². The van der Waals surface area contributed by atoms with Gasteiger partial charge in [0.05, 0.1) is 19.2 Å². The Hall–Kier alpha value is -0.240. The second-order valence-corrected chi connectivity index (χ2v) is 8.79. The number of hydrogen-bond acceptors (Lipinski definition) is 5. The number of thiophene rings is 1. The topological polar surface area (TPSA) is 64.9 Å². The molecule has 1 atom stereocenters. The molecule has 2 aromatic rings. The monoisotopic (exact) mass is 393 g/mol. The first-order chi connectivity index (χ1) is 8.29. The van der Waals surface area contributed by atoms with E-state index in [1.165, 1.54) is 0 Å². The van der Waals surface area contributed by atoms with E-state index in [-0.39, 0.29) is 11.5 Å². The fourth-order valence-electron chi connectivity index (χ4n) is 1.34. The third kappa shape index (κ3) is 2.84. The molecule has 2 N–H and O–H groups in total. The van der Waals surface area contributed by atoms with Crippen LogP contribution in [0.4, 0.5) is 0 Å². The fraction of sp³-hybridized carbons (Fsp3) is 0.455. The lowest BCUT2D eigenvalue weighted by molar-refractivity contribution is 0.303. The van der Waals surface area contributed by atoms with E-state index in [4.69, 9.17) is 10.3 Å². The first kappa shape index (κ1) is 14.2. The number of nitrogens with zero attached hydrogens (tertiary/aromatic N) is 2. The fourth-order valence-corrected chi connectivity index (χ4v) is 4.12. The summed E-state index contributed by atoms with van der Waals surface area (Å²) in [5.74, 6) is 1.02. The second kappa shape index (κ2) is 5.03. The Bertz CT molecular complexity index is 559. The molecule has 0 bridgehead atoms. The Balaban J connectivity index is 2.34. The Morgan fingerprint density at radius 3 is 2.56 bits per heavy atom. The molecule has 7 heteroatoms. The van der Waals surface area contributed by atoms with Gasteiger partial charge in [-0.1, -0.05) is 25.9 Å². The van der Waals surface area contributed by atoms with Crippen LogP contribution in [0.3, 0.4) is 0 Å². The van der Waals surface area contributed by atoms with Gasteiger partial charge in [-0.15, -0.1) is 11.3 Å². The van der Waals surface area contributed by atoms with Crippen molar-refractivity contribution in [1.82, 2.24) is 10.1 Å². The van der Waals surface area contributed by atoms with Crippen LogP contribution in [0.5, 0.6) is 0 Å². The van der Waals surface area contributed by atoms with Crippen LogP contribution >= 0.6 is 43.2 Å². The zero-order valence-electron chi connectivity index (χ0n) is 10.2. The summed E-state index contributed by atoms with van der Waals surface area (Å²) in [7, 11) is 0. The molecule has 1 unspecified atom stereocenters. The number of halogens is 2. The molecule has 2 rings (SSSR count). The number of aromatic nitrogens is 2. The van der Waals surface area contributed by atoms with Gasteiger partial charge in [-0.2, -0.15) is 4.98 Å². The van der Waals surface area contributed by atoms with Crippen molar-refractivity contribution in [2.75, 3.05) is 0 Å².